The summed E-state index contributed by atoms with van der Waals surface area (Å²) in [5.74, 6) is 0.887. The zero-order chi connectivity index (χ0) is 12.2. The number of hydrogen-bond donors (Lipinski definition) is 0. The quantitative estimate of drug-likeness (QED) is 0.816. The lowest BCUT2D eigenvalue weighted by molar-refractivity contribution is 0.00539. The van der Waals surface area contributed by atoms with E-state index in [4.69, 9.17) is 9.47 Å². The minimum Gasteiger partial charge on any atom is -0.492 e. The highest BCUT2D eigenvalue weighted by Gasteiger charge is 2.16. The SMILES string of the molecule is COC(C)(C)CCOc1ccc(C)cc1Br. The van der Waals surface area contributed by atoms with Crippen molar-refractivity contribution in [2.24, 2.45) is 0 Å². The van der Waals surface area contributed by atoms with E-state index in [0.717, 1.165) is 16.6 Å². The van der Waals surface area contributed by atoms with Gasteiger partial charge in [0, 0.05) is 13.5 Å². The van der Waals surface area contributed by atoms with Crippen LogP contribution in [0.5, 0.6) is 5.75 Å². The average molecular weight is 287 g/mol. The summed E-state index contributed by atoms with van der Waals surface area (Å²) >= 11 is 3.49. The zero-order valence-electron chi connectivity index (χ0n) is 10.3. The van der Waals surface area contributed by atoms with Crippen molar-refractivity contribution in [1.29, 1.82) is 0 Å². The standard InChI is InChI=1S/C13H19BrO2/c1-10-5-6-12(11(14)9-10)16-8-7-13(2,3)15-4/h5-6,9H,7-8H2,1-4H3. The van der Waals surface area contributed by atoms with E-state index in [1.54, 1.807) is 7.11 Å². The number of ether oxygens (including phenoxy) is 2. The molecule has 90 valence electrons. The summed E-state index contributed by atoms with van der Waals surface area (Å²) in [5.41, 5.74) is 1.09. The van der Waals surface area contributed by atoms with Gasteiger partial charge < -0.3 is 9.47 Å². The molecule has 0 aliphatic rings. The first kappa shape index (κ1) is 13.5. The summed E-state index contributed by atoms with van der Waals surface area (Å²) in [6.07, 6.45) is 0.865. The van der Waals surface area contributed by atoms with Crippen LogP contribution >= 0.6 is 15.9 Å². The molecule has 0 radical (unpaired) electrons. The largest absolute Gasteiger partial charge is 0.492 e. The Kier molecular flexibility index (Phi) is 4.81. The molecule has 0 aliphatic heterocycles. The number of methoxy groups -OCH3 is 1. The summed E-state index contributed by atoms with van der Waals surface area (Å²) in [4.78, 5) is 0. The van der Waals surface area contributed by atoms with Crippen molar-refractivity contribution in [2.75, 3.05) is 13.7 Å². The van der Waals surface area contributed by atoms with Gasteiger partial charge in [-0.05, 0) is 54.4 Å². The molecule has 0 N–H and O–H groups in total. The second kappa shape index (κ2) is 5.69. The van der Waals surface area contributed by atoms with Gasteiger partial charge in [0.25, 0.3) is 0 Å². The smallest absolute Gasteiger partial charge is 0.133 e. The van der Waals surface area contributed by atoms with Crippen molar-refractivity contribution >= 4 is 15.9 Å². The molecule has 0 amide bonds. The van der Waals surface area contributed by atoms with Crippen LogP contribution in [-0.4, -0.2) is 19.3 Å². The molecule has 0 fully saturated rings. The Labute approximate surface area is 106 Å². The van der Waals surface area contributed by atoms with Gasteiger partial charge in [-0.1, -0.05) is 6.07 Å². The Bertz CT molecular complexity index is 348. The van der Waals surface area contributed by atoms with Crippen LogP contribution in [0.3, 0.4) is 0 Å². The van der Waals surface area contributed by atoms with E-state index < -0.39 is 0 Å². The van der Waals surface area contributed by atoms with E-state index in [9.17, 15) is 0 Å². The van der Waals surface area contributed by atoms with E-state index >= 15 is 0 Å². The third-order valence-corrected chi connectivity index (χ3v) is 3.22. The van der Waals surface area contributed by atoms with Crippen LogP contribution in [0.2, 0.25) is 0 Å². The maximum atomic E-state index is 5.70. The molecule has 0 aromatic heterocycles. The Morgan fingerprint density at radius 1 is 1.31 bits per heavy atom. The molecule has 16 heavy (non-hydrogen) atoms. The van der Waals surface area contributed by atoms with Gasteiger partial charge in [0.1, 0.15) is 5.75 Å². The van der Waals surface area contributed by atoms with E-state index in [1.165, 1.54) is 5.56 Å². The maximum Gasteiger partial charge on any atom is 0.133 e. The first-order valence-electron chi connectivity index (χ1n) is 5.39. The molecule has 0 heterocycles. The Morgan fingerprint density at radius 3 is 2.56 bits per heavy atom. The van der Waals surface area contributed by atoms with E-state index in [2.05, 4.69) is 42.8 Å². The van der Waals surface area contributed by atoms with Crippen LogP contribution in [0.25, 0.3) is 0 Å². The zero-order valence-corrected chi connectivity index (χ0v) is 11.9. The van der Waals surface area contributed by atoms with Crippen molar-refractivity contribution < 1.29 is 9.47 Å². The summed E-state index contributed by atoms with van der Waals surface area (Å²) in [6.45, 7) is 6.83. The van der Waals surface area contributed by atoms with Gasteiger partial charge in [0.05, 0.1) is 16.7 Å². The fourth-order valence-corrected chi connectivity index (χ4v) is 1.84. The molecule has 0 bridgehead atoms. The van der Waals surface area contributed by atoms with E-state index in [0.29, 0.717) is 6.61 Å². The third kappa shape index (κ3) is 4.14. The van der Waals surface area contributed by atoms with Crippen molar-refractivity contribution in [3.05, 3.63) is 28.2 Å². The second-order valence-electron chi connectivity index (χ2n) is 4.50. The van der Waals surface area contributed by atoms with Crippen molar-refractivity contribution in [3.8, 4) is 5.75 Å². The first-order chi connectivity index (χ1) is 7.44. The average Bonchev–Trinajstić information content (AvgIpc) is 2.21. The Morgan fingerprint density at radius 2 is 2.00 bits per heavy atom. The first-order valence-corrected chi connectivity index (χ1v) is 6.18. The van der Waals surface area contributed by atoms with Crippen LogP contribution in [0.1, 0.15) is 25.8 Å². The molecular weight excluding hydrogens is 268 g/mol. The topological polar surface area (TPSA) is 18.5 Å². The highest BCUT2D eigenvalue weighted by Crippen LogP contribution is 2.26. The summed E-state index contributed by atoms with van der Waals surface area (Å²) in [5, 5.41) is 0. The number of hydrogen-bond acceptors (Lipinski definition) is 2. The lowest BCUT2D eigenvalue weighted by atomic mass is 10.1. The highest BCUT2D eigenvalue weighted by molar-refractivity contribution is 9.10. The van der Waals surface area contributed by atoms with Gasteiger partial charge in [-0.3, -0.25) is 0 Å². The Hall–Kier alpha value is -0.540. The van der Waals surface area contributed by atoms with Gasteiger partial charge in [-0.25, -0.2) is 0 Å². The molecule has 0 atom stereocenters. The summed E-state index contributed by atoms with van der Waals surface area (Å²) in [7, 11) is 1.72. The normalized spacial score (nSPS) is 11.6. The highest BCUT2D eigenvalue weighted by atomic mass is 79.9. The van der Waals surface area contributed by atoms with Crippen LogP contribution < -0.4 is 4.74 Å². The van der Waals surface area contributed by atoms with Crippen LogP contribution in [0.4, 0.5) is 0 Å². The van der Waals surface area contributed by atoms with Crippen molar-refractivity contribution in [1.82, 2.24) is 0 Å². The van der Waals surface area contributed by atoms with E-state index in [1.807, 2.05) is 12.1 Å². The van der Waals surface area contributed by atoms with Gasteiger partial charge in [0.15, 0.2) is 0 Å². The summed E-state index contributed by atoms with van der Waals surface area (Å²) < 4.78 is 12.0. The van der Waals surface area contributed by atoms with Gasteiger partial charge >= 0.3 is 0 Å². The van der Waals surface area contributed by atoms with Crippen LogP contribution in [0.15, 0.2) is 22.7 Å². The van der Waals surface area contributed by atoms with Crippen LogP contribution in [0, 0.1) is 6.92 Å². The molecule has 0 saturated carbocycles. The van der Waals surface area contributed by atoms with Crippen molar-refractivity contribution in [3.63, 3.8) is 0 Å². The molecule has 1 aromatic carbocycles. The number of rotatable bonds is 5. The molecule has 1 aromatic rings. The Balaban J connectivity index is 2.49. The maximum absolute atomic E-state index is 5.70. The molecule has 2 nitrogen and oxygen atoms in total. The fourth-order valence-electron chi connectivity index (χ4n) is 1.23. The predicted molar refractivity (Wildman–Crippen MR) is 70.1 cm³/mol. The lowest BCUT2D eigenvalue weighted by Crippen LogP contribution is -2.25. The predicted octanol–water partition coefficient (Wildman–Crippen LogP) is 3.95. The van der Waals surface area contributed by atoms with Crippen molar-refractivity contribution in [2.45, 2.75) is 32.8 Å². The van der Waals surface area contributed by atoms with E-state index in [-0.39, 0.29) is 5.60 Å². The lowest BCUT2D eigenvalue weighted by Gasteiger charge is -2.22. The second-order valence-corrected chi connectivity index (χ2v) is 5.35. The van der Waals surface area contributed by atoms with Gasteiger partial charge in [0.2, 0.25) is 0 Å². The fraction of sp³-hybridized carbons (Fsp3) is 0.538. The molecule has 1 rings (SSSR count). The minimum atomic E-state index is -0.128. The van der Waals surface area contributed by atoms with Gasteiger partial charge in [-0.15, -0.1) is 0 Å². The monoisotopic (exact) mass is 286 g/mol. The molecule has 3 heteroatoms. The molecule has 0 saturated heterocycles. The number of aryl methyl sites for hydroxylation is 1. The molecule has 0 aliphatic carbocycles. The minimum absolute atomic E-state index is 0.128. The third-order valence-electron chi connectivity index (χ3n) is 2.60. The van der Waals surface area contributed by atoms with Gasteiger partial charge in [-0.2, -0.15) is 0 Å². The van der Waals surface area contributed by atoms with Crippen LogP contribution in [-0.2, 0) is 4.74 Å². The number of benzene rings is 1. The summed E-state index contributed by atoms with van der Waals surface area (Å²) in [6, 6.07) is 6.08. The molecular formula is C13H19BrO2. The number of halogens is 1. The molecule has 0 spiro atoms. The molecule has 0 unspecified atom stereocenters.